The van der Waals surface area contributed by atoms with Crippen LogP contribution in [0.1, 0.15) is 50.6 Å². The molecule has 1 spiro atoms. The van der Waals surface area contributed by atoms with Crippen molar-refractivity contribution in [1.29, 1.82) is 5.41 Å². The number of benzene rings is 1. The van der Waals surface area contributed by atoms with Gasteiger partial charge < -0.3 is 29.8 Å². The van der Waals surface area contributed by atoms with Crippen LogP contribution in [0.2, 0.25) is 0 Å². The Morgan fingerprint density at radius 2 is 2.03 bits per heavy atom. The van der Waals surface area contributed by atoms with Gasteiger partial charge in [-0.1, -0.05) is 0 Å². The average Bonchev–Trinajstić information content (AvgIpc) is 3.39. The smallest absolute Gasteiger partial charge is 0.255 e. The minimum absolute atomic E-state index is 0.0240. The van der Waals surface area contributed by atoms with Crippen molar-refractivity contribution < 1.29 is 18.7 Å². The van der Waals surface area contributed by atoms with Crippen LogP contribution in [0.5, 0.6) is 5.75 Å². The zero-order valence-corrected chi connectivity index (χ0v) is 18.9. The molecule has 5 rings (SSSR count). The molecule has 2 amide bonds. The molecule has 3 aromatic rings. The van der Waals surface area contributed by atoms with Gasteiger partial charge in [0.2, 0.25) is 0 Å². The predicted molar refractivity (Wildman–Crippen MR) is 125 cm³/mol. The molecule has 1 aliphatic carbocycles. The second-order valence-electron chi connectivity index (χ2n) is 8.93. The molecule has 2 fully saturated rings. The number of H-pyrrole nitrogens is 1. The first-order chi connectivity index (χ1) is 15.9. The quantitative estimate of drug-likeness (QED) is 0.392. The summed E-state index contributed by atoms with van der Waals surface area (Å²) in [4.78, 5) is 30.2. The van der Waals surface area contributed by atoms with E-state index in [1.807, 2.05) is 11.8 Å². The Bertz CT molecular complexity index is 1320. The molecule has 0 radical (unpaired) electrons. The second kappa shape index (κ2) is 7.65. The van der Waals surface area contributed by atoms with Gasteiger partial charge in [0, 0.05) is 55.5 Å². The molecule has 3 heterocycles. The van der Waals surface area contributed by atoms with Crippen LogP contribution in [0.25, 0.3) is 16.7 Å². The van der Waals surface area contributed by atoms with Gasteiger partial charge in [0.05, 0.1) is 16.8 Å². The third-order valence-corrected chi connectivity index (χ3v) is 6.67. The number of rotatable bonds is 6. The van der Waals surface area contributed by atoms with Gasteiger partial charge in [0.1, 0.15) is 17.1 Å². The van der Waals surface area contributed by atoms with Crippen molar-refractivity contribution in [2.24, 2.45) is 5.41 Å². The van der Waals surface area contributed by atoms with Gasteiger partial charge in [-0.3, -0.25) is 9.59 Å². The number of carbonyl (C=O) groups excluding carboxylic acids is 2. The lowest BCUT2D eigenvalue weighted by Gasteiger charge is -2.40. The normalized spacial score (nSPS) is 16.6. The SMILES string of the molecule is CNC(=O)c1c(C)oc2cc(O/C(=C/C=N)c3[nH]cc(C(=O)N4CC5(CC5)C4)c3C)ccc12. The Labute approximate surface area is 191 Å². The number of fused-ring (bicyclic) bond motifs is 1. The van der Waals surface area contributed by atoms with Crippen molar-refractivity contribution in [3.05, 3.63) is 58.6 Å². The van der Waals surface area contributed by atoms with Gasteiger partial charge in [-0.25, -0.2) is 0 Å². The fraction of sp³-hybridized carbons (Fsp3) is 0.320. The van der Waals surface area contributed by atoms with Crippen molar-refractivity contribution in [2.75, 3.05) is 20.1 Å². The van der Waals surface area contributed by atoms with E-state index in [-0.39, 0.29) is 11.8 Å². The Morgan fingerprint density at radius 3 is 2.70 bits per heavy atom. The maximum Gasteiger partial charge on any atom is 0.255 e. The number of aryl methyl sites for hydroxylation is 1. The minimum Gasteiger partial charge on any atom is -0.460 e. The van der Waals surface area contributed by atoms with E-state index in [2.05, 4.69) is 10.3 Å². The second-order valence-corrected chi connectivity index (χ2v) is 8.93. The summed E-state index contributed by atoms with van der Waals surface area (Å²) in [6.07, 6.45) is 6.82. The fourth-order valence-electron chi connectivity index (χ4n) is 4.58. The molecular formula is C25H26N4O4. The van der Waals surface area contributed by atoms with E-state index < -0.39 is 0 Å². The molecular weight excluding hydrogens is 420 g/mol. The summed E-state index contributed by atoms with van der Waals surface area (Å²) in [5, 5.41) is 10.9. The van der Waals surface area contributed by atoms with Crippen molar-refractivity contribution in [1.82, 2.24) is 15.2 Å². The number of aromatic amines is 1. The molecule has 0 atom stereocenters. The topological polar surface area (TPSA) is 111 Å². The summed E-state index contributed by atoms with van der Waals surface area (Å²) in [6.45, 7) is 5.30. The number of allylic oxidation sites excluding steroid dienone is 1. The molecule has 8 heteroatoms. The number of ether oxygens (including phenoxy) is 1. The molecule has 1 aromatic carbocycles. The van der Waals surface area contributed by atoms with Gasteiger partial charge in [0.25, 0.3) is 11.8 Å². The van der Waals surface area contributed by atoms with Crippen LogP contribution in [0.3, 0.4) is 0 Å². The number of carbonyl (C=O) groups is 2. The first kappa shape index (κ1) is 21.1. The monoisotopic (exact) mass is 446 g/mol. The van der Waals surface area contributed by atoms with Gasteiger partial charge in [0.15, 0.2) is 5.76 Å². The number of hydrogen-bond donors (Lipinski definition) is 3. The Hall–Kier alpha value is -3.81. The lowest BCUT2D eigenvalue weighted by Crippen LogP contribution is -2.51. The first-order valence-corrected chi connectivity index (χ1v) is 11.0. The third-order valence-electron chi connectivity index (χ3n) is 6.67. The molecule has 1 saturated carbocycles. The highest BCUT2D eigenvalue weighted by Gasteiger charge is 2.54. The van der Waals surface area contributed by atoms with Crippen molar-refractivity contribution in [3.63, 3.8) is 0 Å². The molecule has 0 bridgehead atoms. The van der Waals surface area contributed by atoms with E-state index in [1.165, 1.54) is 18.9 Å². The number of likely N-dealkylation sites (tertiary alicyclic amines) is 1. The van der Waals surface area contributed by atoms with Crippen LogP contribution in [-0.2, 0) is 0 Å². The van der Waals surface area contributed by atoms with Gasteiger partial charge in [-0.2, -0.15) is 0 Å². The van der Waals surface area contributed by atoms with Crippen LogP contribution in [0.15, 0.2) is 34.9 Å². The van der Waals surface area contributed by atoms with Crippen molar-refractivity contribution >= 4 is 34.8 Å². The zero-order chi connectivity index (χ0) is 23.3. The van der Waals surface area contributed by atoms with Gasteiger partial charge in [-0.05, 0) is 44.4 Å². The van der Waals surface area contributed by atoms with Gasteiger partial charge >= 0.3 is 0 Å². The summed E-state index contributed by atoms with van der Waals surface area (Å²) in [6, 6.07) is 5.24. The van der Waals surface area contributed by atoms with Crippen LogP contribution >= 0.6 is 0 Å². The highest BCUT2D eigenvalue weighted by atomic mass is 16.5. The summed E-state index contributed by atoms with van der Waals surface area (Å²) in [7, 11) is 1.58. The highest BCUT2D eigenvalue weighted by molar-refractivity contribution is 6.07. The van der Waals surface area contributed by atoms with Crippen LogP contribution in [0.4, 0.5) is 0 Å². The Kier molecular flexibility index (Phi) is 4.88. The molecule has 3 N–H and O–H groups in total. The van der Waals surface area contributed by atoms with E-state index in [0.29, 0.717) is 50.5 Å². The minimum atomic E-state index is -0.210. The predicted octanol–water partition coefficient (Wildman–Crippen LogP) is 4.04. The maximum absolute atomic E-state index is 12.9. The fourth-order valence-corrected chi connectivity index (χ4v) is 4.58. The van der Waals surface area contributed by atoms with Crippen LogP contribution in [0, 0.1) is 24.7 Å². The van der Waals surface area contributed by atoms with Gasteiger partial charge in [-0.15, -0.1) is 0 Å². The molecule has 2 aliphatic rings. The van der Waals surface area contributed by atoms with Crippen LogP contribution < -0.4 is 10.1 Å². The lowest BCUT2D eigenvalue weighted by molar-refractivity contribution is 0.0442. The highest BCUT2D eigenvalue weighted by Crippen LogP contribution is 2.53. The molecule has 1 aliphatic heterocycles. The zero-order valence-electron chi connectivity index (χ0n) is 18.9. The number of aromatic nitrogens is 1. The number of hydrogen-bond acceptors (Lipinski definition) is 5. The number of nitrogens with zero attached hydrogens (tertiary/aromatic N) is 1. The Balaban J connectivity index is 1.41. The van der Waals surface area contributed by atoms with E-state index in [9.17, 15) is 9.59 Å². The molecule has 2 aromatic heterocycles. The van der Waals surface area contributed by atoms with Crippen molar-refractivity contribution in [2.45, 2.75) is 26.7 Å². The average molecular weight is 447 g/mol. The summed E-state index contributed by atoms with van der Waals surface area (Å²) >= 11 is 0. The van der Waals surface area contributed by atoms with E-state index >= 15 is 0 Å². The van der Waals surface area contributed by atoms with Crippen LogP contribution in [-0.4, -0.2) is 48.1 Å². The lowest BCUT2D eigenvalue weighted by atomic mass is 9.95. The molecule has 8 nitrogen and oxygen atoms in total. The van der Waals surface area contributed by atoms with E-state index in [0.717, 1.165) is 24.9 Å². The maximum atomic E-state index is 12.9. The Morgan fingerprint density at radius 1 is 1.27 bits per heavy atom. The molecule has 1 saturated heterocycles. The summed E-state index contributed by atoms with van der Waals surface area (Å²) in [5.41, 5.74) is 3.47. The number of nitrogens with one attached hydrogen (secondary N) is 3. The van der Waals surface area contributed by atoms with E-state index in [4.69, 9.17) is 14.6 Å². The van der Waals surface area contributed by atoms with Crippen molar-refractivity contribution in [3.8, 4) is 5.75 Å². The summed E-state index contributed by atoms with van der Waals surface area (Å²) in [5.74, 6) is 1.25. The standard InChI is InChI=1S/C25H26N4O4/c1-14-18(24(31)29-12-25(13-29)7-8-25)11-28-22(14)19(6-9-26)33-16-4-5-17-20(10-16)32-15(2)21(17)23(30)27-3/h4-6,9-11,26,28H,7-8,12-13H2,1-3H3,(H,27,30)/b19-6+,26-9?. The molecule has 170 valence electrons. The summed E-state index contributed by atoms with van der Waals surface area (Å²) < 4.78 is 11.9. The van der Waals surface area contributed by atoms with E-state index in [1.54, 1.807) is 38.4 Å². The first-order valence-electron chi connectivity index (χ1n) is 11.0. The largest absolute Gasteiger partial charge is 0.460 e. The third kappa shape index (κ3) is 3.51. The number of furan rings is 1. The molecule has 33 heavy (non-hydrogen) atoms. The number of amides is 2. The molecule has 0 unspecified atom stereocenters.